The van der Waals surface area contributed by atoms with E-state index in [-0.39, 0.29) is 28.6 Å². The lowest BCUT2D eigenvalue weighted by atomic mass is 10.1. The number of benzene rings is 2. The fourth-order valence-corrected chi connectivity index (χ4v) is 8.63. The predicted molar refractivity (Wildman–Crippen MR) is 102 cm³/mol. The summed E-state index contributed by atoms with van der Waals surface area (Å²) in [5.74, 6) is -0.369. The highest BCUT2D eigenvalue weighted by atomic mass is 32.3. The van der Waals surface area contributed by atoms with Gasteiger partial charge in [0.05, 0.1) is 9.79 Å². The summed E-state index contributed by atoms with van der Waals surface area (Å²) in [5.41, 5.74) is 0.569. The molecule has 2 aromatic carbocycles. The van der Waals surface area contributed by atoms with Gasteiger partial charge in [-0.2, -0.15) is 0 Å². The summed E-state index contributed by atoms with van der Waals surface area (Å²) in [6.45, 7) is 7.63. The molecule has 3 rings (SSSR count). The first-order valence-electron chi connectivity index (χ1n) is 8.16. The molecule has 0 N–H and O–H groups in total. The van der Waals surface area contributed by atoms with E-state index in [0.29, 0.717) is 5.57 Å². The van der Waals surface area contributed by atoms with Gasteiger partial charge in [0.15, 0.2) is 23.8 Å². The molecule has 1 saturated carbocycles. The number of sulfone groups is 2. The van der Waals surface area contributed by atoms with E-state index in [9.17, 15) is 16.8 Å². The van der Waals surface area contributed by atoms with Crippen molar-refractivity contribution >= 4 is 19.7 Å². The quantitative estimate of drug-likeness (QED) is 0.731. The molecule has 1 unspecified atom stereocenters. The Morgan fingerprint density at radius 2 is 1.27 bits per heavy atom. The lowest BCUT2D eigenvalue weighted by molar-refractivity contribution is 0.535. The molecule has 136 valence electrons. The van der Waals surface area contributed by atoms with E-state index in [0.717, 1.165) is 0 Å². The molecular formula is C20H20O4S2. The smallest absolute Gasteiger partial charge is 0.199 e. The molecule has 4 nitrogen and oxygen atoms in total. The zero-order chi connectivity index (χ0) is 19.0. The zero-order valence-electron chi connectivity index (χ0n) is 14.2. The van der Waals surface area contributed by atoms with Crippen molar-refractivity contribution in [2.75, 3.05) is 0 Å². The minimum absolute atomic E-state index is 0.00276. The lowest BCUT2D eigenvalue weighted by Gasteiger charge is -2.29. The van der Waals surface area contributed by atoms with Crippen LogP contribution < -0.4 is 0 Å². The Labute approximate surface area is 154 Å². The van der Waals surface area contributed by atoms with Crippen LogP contribution in [-0.2, 0) is 19.7 Å². The van der Waals surface area contributed by atoms with E-state index in [1.165, 1.54) is 24.3 Å². The fourth-order valence-electron chi connectivity index (χ4n) is 3.46. The molecule has 26 heavy (non-hydrogen) atoms. The first kappa shape index (κ1) is 18.6. The second-order valence-corrected chi connectivity index (χ2v) is 11.2. The third-order valence-electron chi connectivity index (χ3n) is 4.92. The molecule has 1 fully saturated rings. The van der Waals surface area contributed by atoms with E-state index in [4.69, 9.17) is 0 Å². The van der Waals surface area contributed by atoms with Crippen LogP contribution in [0.3, 0.4) is 0 Å². The average molecular weight is 389 g/mol. The van der Waals surface area contributed by atoms with Crippen LogP contribution in [0.5, 0.6) is 0 Å². The van der Waals surface area contributed by atoms with Gasteiger partial charge in [0, 0.05) is 6.42 Å². The molecule has 6 heteroatoms. The molecule has 0 aromatic heterocycles. The molecule has 0 amide bonds. The fraction of sp³-hybridized carbons (Fsp3) is 0.200. The molecule has 0 spiro atoms. The molecular weight excluding hydrogens is 368 g/mol. The van der Waals surface area contributed by atoms with Gasteiger partial charge in [-0.05, 0) is 36.6 Å². The van der Waals surface area contributed by atoms with Crippen molar-refractivity contribution in [3.05, 3.63) is 85.5 Å². The lowest BCUT2D eigenvalue weighted by Crippen LogP contribution is -2.44. The van der Waals surface area contributed by atoms with Crippen molar-refractivity contribution in [2.45, 2.75) is 26.7 Å². The van der Waals surface area contributed by atoms with E-state index in [1.54, 1.807) is 42.5 Å². The van der Waals surface area contributed by atoms with Crippen LogP contribution in [0, 0.1) is 5.92 Å². The Kier molecular flexibility index (Phi) is 4.67. The highest BCUT2D eigenvalue weighted by Gasteiger charge is 2.60. The van der Waals surface area contributed by atoms with E-state index >= 15 is 0 Å². The van der Waals surface area contributed by atoms with E-state index in [2.05, 4.69) is 13.2 Å². The van der Waals surface area contributed by atoms with Crippen LogP contribution >= 0.6 is 0 Å². The van der Waals surface area contributed by atoms with Crippen molar-refractivity contribution in [3.8, 4) is 0 Å². The van der Waals surface area contributed by atoms with Gasteiger partial charge in [0.25, 0.3) is 0 Å². The van der Waals surface area contributed by atoms with Gasteiger partial charge in [-0.1, -0.05) is 54.6 Å². The second kappa shape index (κ2) is 6.52. The van der Waals surface area contributed by atoms with Crippen LogP contribution in [0.15, 0.2) is 95.3 Å². The summed E-state index contributed by atoms with van der Waals surface area (Å²) in [4.78, 5) is -0.00552. The SMILES string of the molecule is C=CC1CC(S(=O)(=O)c2ccccc2)(S(=O)(=O)c2ccccc2)CC1=C. The first-order chi connectivity index (χ1) is 12.3. The highest BCUT2D eigenvalue weighted by Crippen LogP contribution is 2.51. The standard InChI is InChI=1S/C20H20O4S2/c1-3-17-15-20(14-16(17)2,25(21,22)18-10-6-4-7-11-18)26(23,24)19-12-8-5-9-13-19/h3-13,17H,1-2,14-15H2. The maximum atomic E-state index is 13.5. The zero-order valence-corrected chi connectivity index (χ0v) is 15.8. The average Bonchev–Trinajstić information content (AvgIpc) is 3.02. The monoisotopic (exact) mass is 388 g/mol. The molecule has 1 atom stereocenters. The molecule has 0 saturated heterocycles. The van der Waals surface area contributed by atoms with Crippen molar-refractivity contribution in [1.29, 1.82) is 0 Å². The molecule has 0 bridgehead atoms. The predicted octanol–water partition coefficient (Wildman–Crippen LogP) is 3.78. The normalized spacial score (nSPS) is 20.0. The van der Waals surface area contributed by atoms with Gasteiger partial charge < -0.3 is 0 Å². The van der Waals surface area contributed by atoms with Gasteiger partial charge in [-0.3, -0.25) is 0 Å². The van der Waals surface area contributed by atoms with Gasteiger partial charge in [0.2, 0.25) is 0 Å². The Morgan fingerprint density at radius 3 is 1.62 bits per heavy atom. The van der Waals surface area contributed by atoms with Gasteiger partial charge in [-0.15, -0.1) is 6.58 Å². The van der Waals surface area contributed by atoms with E-state index < -0.39 is 23.8 Å². The topological polar surface area (TPSA) is 68.3 Å². The van der Waals surface area contributed by atoms with Crippen molar-refractivity contribution in [2.24, 2.45) is 5.92 Å². The first-order valence-corrected chi connectivity index (χ1v) is 11.1. The maximum Gasteiger partial charge on any atom is 0.199 e. The molecule has 1 aliphatic rings. The molecule has 0 heterocycles. The Balaban J connectivity index is 2.30. The second-order valence-electron chi connectivity index (χ2n) is 6.43. The largest absolute Gasteiger partial charge is 0.222 e. The summed E-state index contributed by atoms with van der Waals surface area (Å²) < 4.78 is 52.1. The Morgan fingerprint density at radius 1 is 0.846 bits per heavy atom. The number of allylic oxidation sites excluding steroid dienone is 2. The molecule has 0 aliphatic heterocycles. The van der Waals surface area contributed by atoms with Crippen molar-refractivity contribution in [1.82, 2.24) is 0 Å². The highest BCUT2D eigenvalue weighted by molar-refractivity contribution is 8.10. The van der Waals surface area contributed by atoms with E-state index in [1.807, 2.05) is 0 Å². The third-order valence-corrected chi connectivity index (χ3v) is 10.6. The molecule has 1 aliphatic carbocycles. The van der Waals surface area contributed by atoms with Crippen LogP contribution in [0.4, 0.5) is 0 Å². The van der Waals surface area contributed by atoms with Gasteiger partial charge in [-0.25, -0.2) is 16.8 Å². The Bertz CT molecular complexity index is 968. The summed E-state index contributed by atoms with van der Waals surface area (Å²) >= 11 is 0. The minimum atomic E-state index is -4.18. The summed E-state index contributed by atoms with van der Waals surface area (Å²) in [6, 6.07) is 15.5. The van der Waals surface area contributed by atoms with Crippen LogP contribution in [-0.4, -0.2) is 20.9 Å². The minimum Gasteiger partial charge on any atom is -0.222 e. The van der Waals surface area contributed by atoms with Gasteiger partial charge >= 0.3 is 0 Å². The summed E-state index contributed by atoms with van der Waals surface area (Å²) in [6.07, 6.45) is 1.35. The molecule has 2 aromatic rings. The van der Waals surface area contributed by atoms with Crippen molar-refractivity contribution < 1.29 is 16.8 Å². The number of hydrogen-bond donors (Lipinski definition) is 0. The van der Waals surface area contributed by atoms with Crippen LogP contribution in [0.2, 0.25) is 0 Å². The Hall–Kier alpha value is -2.18. The number of hydrogen-bond acceptors (Lipinski definition) is 4. The molecule has 0 radical (unpaired) electrons. The van der Waals surface area contributed by atoms with Gasteiger partial charge in [0.1, 0.15) is 0 Å². The van der Waals surface area contributed by atoms with Crippen LogP contribution in [0.25, 0.3) is 0 Å². The number of rotatable bonds is 5. The maximum absolute atomic E-state index is 13.5. The third kappa shape index (κ3) is 2.64. The summed E-state index contributed by atoms with van der Waals surface area (Å²) in [5, 5.41) is 0. The summed E-state index contributed by atoms with van der Waals surface area (Å²) in [7, 11) is -8.36. The van der Waals surface area contributed by atoms with Crippen molar-refractivity contribution in [3.63, 3.8) is 0 Å². The van der Waals surface area contributed by atoms with Crippen LogP contribution in [0.1, 0.15) is 12.8 Å².